The Balaban J connectivity index is 5.57. The molecule has 114 valence electrons. The molecule has 0 aromatic heterocycles. The van der Waals surface area contributed by atoms with Crippen molar-refractivity contribution in [3.8, 4) is 0 Å². The summed E-state index contributed by atoms with van der Waals surface area (Å²) in [6, 6.07) is 0. The third-order valence-corrected chi connectivity index (χ3v) is 3.46. The zero-order valence-electron chi connectivity index (χ0n) is 9.87. The molecule has 0 aromatic carbocycles. The smallest absolute Gasteiger partial charge is 0.359 e. The zero-order valence-corrected chi connectivity index (χ0v) is 10.7. The molecule has 0 rings (SSSR count). The number of ether oxygens (including phenoxy) is 1. The van der Waals surface area contributed by atoms with Crippen LogP contribution in [0.3, 0.4) is 0 Å². The highest BCUT2D eigenvalue weighted by Gasteiger charge is 2.59. The van der Waals surface area contributed by atoms with Crippen LogP contribution in [0.1, 0.15) is 6.92 Å². The summed E-state index contributed by atoms with van der Waals surface area (Å²) in [5, 5.41) is 45.9. The molecule has 0 amide bonds. The van der Waals surface area contributed by atoms with Crippen molar-refractivity contribution in [2.75, 3.05) is 13.2 Å². The first kappa shape index (κ1) is 18.2. The number of hydrogen-bond donors (Lipinski definition) is 6. The van der Waals surface area contributed by atoms with Crippen molar-refractivity contribution in [2.24, 2.45) is 0 Å². The van der Waals surface area contributed by atoms with Crippen molar-refractivity contribution in [3.63, 3.8) is 0 Å². The lowest BCUT2D eigenvalue weighted by Crippen LogP contribution is -2.62. The van der Waals surface area contributed by atoms with E-state index in [1.807, 2.05) is 0 Å². The molecule has 0 saturated carbocycles. The van der Waals surface area contributed by atoms with Gasteiger partial charge >= 0.3 is 21.0 Å². The lowest BCUT2D eigenvalue weighted by molar-refractivity contribution is -0.178. The second kappa shape index (κ2) is 6.56. The second-order valence-electron chi connectivity index (χ2n) is 3.58. The molecule has 0 fully saturated rings. The average molecular weight is 304 g/mol. The molecular weight excluding hydrogens is 288 g/mol. The molecule has 0 bridgehead atoms. The number of hydrogen-bond acceptors (Lipinski definition) is 9. The van der Waals surface area contributed by atoms with E-state index in [-0.39, 0.29) is 6.61 Å². The van der Waals surface area contributed by atoms with Crippen LogP contribution < -0.4 is 0 Å². The van der Waals surface area contributed by atoms with Gasteiger partial charge in [-0.3, -0.25) is 4.55 Å². The summed E-state index contributed by atoms with van der Waals surface area (Å²) < 4.78 is 35.0. The fourth-order valence-electron chi connectivity index (χ4n) is 1.16. The molecular formula is C8H16O10S. The van der Waals surface area contributed by atoms with E-state index in [1.54, 1.807) is 0 Å². The first-order chi connectivity index (χ1) is 8.53. The minimum Gasteiger partial charge on any atom is -0.463 e. The molecule has 0 aliphatic carbocycles. The highest BCUT2D eigenvalue weighted by molar-refractivity contribution is 7.87. The summed E-state index contributed by atoms with van der Waals surface area (Å²) >= 11 is 0. The van der Waals surface area contributed by atoms with Crippen molar-refractivity contribution >= 4 is 16.1 Å². The Bertz CT molecular complexity index is 406. The maximum absolute atomic E-state index is 11.3. The van der Waals surface area contributed by atoms with Gasteiger partial charge in [0.1, 0.15) is 18.3 Å². The van der Waals surface area contributed by atoms with Crippen LogP contribution in [-0.4, -0.2) is 80.9 Å². The van der Waals surface area contributed by atoms with Gasteiger partial charge in [0.15, 0.2) is 0 Å². The number of esters is 1. The van der Waals surface area contributed by atoms with Gasteiger partial charge in [-0.2, -0.15) is 8.42 Å². The van der Waals surface area contributed by atoms with Crippen LogP contribution in [0.25, 0.3) is 0 Å². The Hall–Kier alpha value is -0.820. The standard InChI is InChI=1S/C8H16O10S/c1-2-18-7(13)8(14,19(15,16)17)6(12)5(11)4(10)3-9/h4-6,9-12,14H,2-3H2,1H3,(H,15,16,17). The van der Waals surface area contributed by atoms with E-state index in [4.69, 9.17) is 14.8 Å². The normalized spacial score (nSPS) is 20.2. The number of aliphatic hydroxyl groups excluding tert-OH is 4. The van der Waals surface area contributed by atoms with Crippen LogP contribution in [0.4, 0.5) is 0 Å². The van der Waals surface area contributed by atoms with Gasteiger partial charge in [0, 0.05) is 0 Å². The molecule has 0 aliphatic heterocycles. The predicted octanol–water partition coefficient (Wildman–Crippen LogP) is -3.80. The lowest BCUT2D eigenvalue weighted by Gasteiger charge is -2.31. The largest absolute Gasteiger partial charge is 0.463 e. The lowest BCUT2D eigenvalue weighted by atomic mass is 10.0. The van der Waals surface area contributed by atoms with Gasteiger partial charge in [-0.05, 0) is 6.92 Å². The highest BCUT2D eigenvalue weighted by atomic mass is 32.2. The van der Waals surface area contributed by atoms with Gasteiger partial charge in [0.05, 0.1) is 13.2 Å². The molecule has 6 N–H and O–H groups in total. The Morgan fingerprint density at radius 2 is 1.79 bits per heavy atom. The second-order valence-corrected chi connectivity index (χ2v) is 5.15. The molecule has 11 heteroatoms. The van der Waals surface area contributed by atoms with E-state index >= 15 is 0 Å². The Kier molecular flexibility index (Phi) is 6.28. The summed E-state index contributed by atoms with van der Waals surface area (Å²) in [5.41, 5.74) is 0. The predicted molar refractivity (Wildman–Crippen MR) is 58.2 cm³/mol. The first-order valence-corrected chi connectivity index (χ1v) is 6.49. The van der Waals surface area contributed by atoms with Gasteiger partial charge in [-0.15, -0.1) is 0 Å². The van der Waals surface area contributed by atoms with Crippen LogP contribution in [0.2, 0.25) is 0 Å². The zero-order chi connectivity index (χ0) is 15.4. The third-order valence-electron chi connectivity index (χ3n) is 2.27. The molecule has 4 atom stereocenters. The summed E-state index contributed by atoms with van der Waals surface area (Å²) in [7, 11) is -5.59. The molecule has 19 heavy (non-hydrogen) atoms. The van der Waals surface area contributed by atoms with Crippen LogP contribution in [0.5, 0.6) is 0 Å². The van der Waals surface area contributed by atoms with E-state index < -0.39 is 45.9 Å². The minimum atomic E-state index is -5.59. The number of carbonyl (C=O) groups excluding carboxylic acids is 1. The fraction of sp³-hybridized carbons (Fsp3) is 0.875. The summed E-state index contributed by atoms with van der Waals surface area (Å²) in [5.74, 6) is -1.94. The topological polar surface area (TPSA) is 182 Å². The van der Waals surface area contributed by atoms with Crippen molar-refractivity contribution in [1.82, 2.24) is 0 Å². The Morgan fingerprint density at radius 1 is 1.32 bits per heavy atom. The van der Waals surface area contributed by atoms with Crippen LogP contribution in [-0.2, 0) is 19.6 Å². The van der Waals surface area contributed by atoms with E-state index in [1.165, 1.54) is 6.92 Å². The van der Waals surface area contributed by atoms with Crippen LogP contribution >= 0.6 is 0 Å². The number of rotatable bonds is 7. The van der Waals surface area contributed by atoms with Gasteiger partial charge < -0.3 is 30.3 Å². The van der Waals surface area contributed by atoms with E-state index in [9.17, 15) is 28.5 Å². The fourth-order valence-corrected chi connectivity index (χ4v) is 1.88. The van der Waals surface area contributed by atoms with Crippen molar-refractivity contribution in [1.29, 1.82) is 0 Å². The Labute approximate surface area is 108 Å². The third kappa shape index (κ3) is 3.60. The van der Waals surface area contributed by atoms with Gasteiger partial charge in [-0.25, -0.2) is 4.79 Å². The van der Waals surface area contributed by atoms with E-state index in [2.05, 4.69) is 4.74 Å². The summed E-state index contributed by atoms with van der Waals surface area (Å²) in [4.78, 5) is 7.45. The number of carbonyl (C=O) groups is 1. The SMILES string of the molecule is CCOC(=O)C(O)(C(O)C(O)C(O)CO)S(=O)(=O)O. The minimum absolute atomic E-state index is 0.387. The van der Waals surface area contributed by atoms with Gasteiger partial charge in [-0.1, -0.05) is 0 Å². The van der Waals surface area contributed by atoms with Gasteiger partial charge in [0.2, 0.25) is 0 Å². The van der Waals surface area contributed by atoms with Crippen LogP contribution in [0, 0.1) is 0 Å². The quantitative estimate of drug-likeness (QED) is 0.201. The maximum Gasteiger partial charge on any atom is 0.359 e. The van der Waals surface area contributed by atoms with Crippen LogP contribution in [0.15, 0.2) is 0 Å². The molecule has 0 radical (unpaired) electrons. The monoisotopic (exact) mass is 304 g/mol. The number of aliphatic hydroxyl groups is 5. The molecule has 0 aromatic rings. The first-order valence-electron chi connectivity index (χ1n) is 5.05. The maximum atomic E-state index is 11.3. The average Bonchev–Trinajstić information content (AvgIpc) is 2.33. The molecule has 0 heterocycles. The molecule has 0 spiro atoms. The van der Waals surface area contributed by atoms with Crippen molar-refractivity contribution in [2.45, 2.75) is 30.2 Å². The summed E-state index contributed by atoms with van der Waals surface area (Å²) in [6.07, 6.45) is -7.33. The van der Waals surface area contributed by atoms with Crippen molar-refractivity contribution < 1.29 is 48.0 Å². The Morgan fingerprint density at radius 3 is 2.11 bits per heavy atom. The van der Waals surface area contributed by atoms with E-state index in [0.29, 0.717) is 0 Å². The molecule has 10 nitrogen and oxygen atoms in total. The van der Waals surface area contributed by atoms with E-state index in [0.717, 1.165) is 0 Å². The molecule has 0 aliphatic rings. The van der Waals surface area contributed by atoms with Gasteiger partial charge in [0.25, 0.3) is 0 Å². The summed E-state index contributed by atoms with van der Waals surface area (Å²) in [6.45, 7) is -0.224. The molecule has 4 unspecified atom stereocenters. The molecule has 0 saturated heterocycles. The highest BCUT2D eigenvalue weighted by Crippen LogP contribution is 2.24. The van der Waals surface area contributed by atoms with Crippen molar-refractivity contribution in [3.05, 3.63) is 0 Å².